The van der Waals surface area contributed by atoms with Crippen LogP contribution in [-0.2, 0) is 10.0 Å². The van der Waals surface area contributed by atoms with Crippen LogP contribution in [0, 0.1) is 11.3 Å². The largest absolute Gasteiger partial charge is 0.477 e. The third kappa shape index (κ3) is 3.16. The van der Waals surface area contributed by atoms with Crippen LogP contribution in [0.15, 0.2) is 34.5 Å². The van der Waals surface area contributed by atoms with Crippen LogP contribution in [0.4, 0.5) is 5.69 Å². The van der Waals surface area contributed by atoms with Gasteiger partial charge >= 0.3 is 5.97 Å². The van der Waals surface area contributed by atoms with Crippen molar-refractivity contribution in [1.29, 1.82) is 5.26 Å². The number of benzene rings is 1. The van der Waals surface area contributed by atoms with E-state index in [-0.39, 0.29) is 26.0 Å². The zero-order valence-electron chi connectivity index (χ0n) is 10.2. The molecule has 6 nitrogen and oxygen atoms in total. The molecule has 0 spiro atoms. The number of thiophene rings is 1. The van der Waals surface area contributed by atoms with E-state index < -0.39 is 16.0 Å². The fourth-order valence-corrected chi connectivity index (χ4v) is 3.65. The third-order valence-electron chi connectivity index (χ3n) is 2.48. The van der Waals surface area contributed by atoms with Crippen LogP contribution in [0.5, 0.6) is 0 Å². The van der Waals surface area contributed by atoms with E-state index in [2.05, 4.69) is 4.72 Å². The number of halogens is 1. The van der Waals surface area contributed by atoms with E-state index in [4.69, 9.17) is 22.0 Å². The van der Waals surface area contributed by atoms with Gasteiger partial charge in [-0.25, -0.2) is 13.2 Å². The molecule has 0 amide bonds. The first-order valence-electron chi connectivity index (χ1n) is 5.38. The molecule has 0 unspecified atom stereocenters. The molecule has 108 valence electrons. The van der Waals surface area contributed by atoms with Gasteiger partial charge in [0.1, 0.15) is 10.9 Å². The highest BCUT2D eigenvalue weighted by Gasteiger charge is 2.20. The van der Waals surface area contributed by atoms with E-state index in [1.807, 2.05) is 6.07 Å². The lowest BCUT2D eigenvalue weighted by atomic mass is 10.2. The first-order valence-corrected chi connectivity index (χ1v) is 8.12. The predicted octanol–water partition coefficient (Wildman–Crippen LogP) is 2.77. The molecule has 0 aliphatic carbocycles. The monoisotopic (exact) mass is 342 g/mol. The summed E-state index contributed by atoms with van der Waals surface area (Å²) in [4.78, 5) is 10.7. The van der Waals surface area contributed by atoms with Gasteiger partial charge in [0.05, 0.1) is 21.2 Å². The van der Waals surface area contributed by atoms with Gasteiger partial charge in [0.2, 0.25) is 0 Å². The van der Waals surface area contributed by atoms with Gasteiger partial charge in [-0.1, -0.05) is 11.6 Å². The zero-order valence-corrected chi connectivity index (χ0v) is 12.6. The van der Waals surface area contributed by atoms with Crippen molar-refractivity contribution >= 4 is 44.6 Å². The second-order valence-electron chi connectivity index (χ2n) is 3.83. The molecule has 2 aromatic rings. The van der Waals surface area contributed by atoms with E-state index >= 15 is 0 Å². The second-order valence-corrected chi connectivity index (χ2v) is 6.83. The number of anilines is 1. The number of nitrogens with zero attached hydrogens (tertiary/aromatic N) is 1. The van der Waals surface area contributed by atoms with Gasteiger partial charge < -0.3 is 5.11 Å². The average molecular weight is 343 g/mol. The highest BCUT2D eigenvalue weighted by Crippen LogP contribution is 2.26. The number of nitriles is 1. The molecule has 21 heavy (non-hydrogen) atoms. The Balaban J connectivity index is 2.39. The van der Waals surface area contributed by atoms with Crippen molar-refractivity contribution in [2.75, 3.05) is 4.72 Å². The molecule has 0 saturated carbocycles. The molecule has 0 fully saturated rings. The predicted molar refractivity (Wildman–Crippen MR) is 78.3 cm³/mol. The van der Waals surface area contributed by atoms with E-state index in [9.17, 15) is 13.2 Å². The maximum absolute atomic E-state index is 12.2. The summed E-state index contributed by atoms with van der Waals surface area (Å²) in [7, 11) is -3.99. The van der Waals surface area contributed by atoms with E-state index in [0.29, 0.717) is 0 Å². The minimum absolute atomic E-state index is 0.00384. The molecular weight excluding hydrogens is 336 g/mol. The Morgan fingerprint density at radius 1 is 1.38 bits per heavy atom. The second kappa shape index (κ2) is 5.73. The Bertz CT molecular complexity index is 852. The molecule has 1 aromatic heterocycles. The number of hydrogen-bond donors (Lipinski definition) is 2. The maximum Gasteiger partial charge on any atom is 0.348 e. The number of hydrogen-bond acceptors (Lipinski definition) is 5. The summed E-state index contributed by atoms with van der Waals surface area (Å²) in [5, 5.41) is 19.2. The molecule has 2 rings (SSSR count). The third-order valence-corrected chi connectivity index (χ3v) is 5.05. The van der Waals surface area contributed by atoms with Crippen LogP contribution >= 0.6 is 22.9 Å². The van der Waals surface area contributed by atoms with Gasteiger partial charge in [0, 0.05) is 0 Å². The quantitative estimate of drug-likeness (QED) is 0.888. The Kier molecular flexibility index (Phi) is 4.18. The molecular formula is C12H7ClN2O4S2. The lowest BCUT2D eigenvalue weighted by Gasteiger charge is -2.08. The molecule has 9 heteroatoms. The minimum Gasteiger partial charge on any atom is -0.477 e. The first kappa shape index (κ1) is 15.3. The smallest absolute Gasteiger partial charge is 0.348 e. The summed E-state index contributed by atoms with van der Waals surface area (Å²) in [6.07, 6.45) is 0. The van der Waals surface area contributed by atoms with Crippen molar-refractivity contribution < 1.29 is 18.3 Å². The van der Waals surface area contributed by atoms with Crippen LogP contribution in [-0.4, -0.2) is 19.5 Å². The SMILES string of the molecule is N#Cc1ccc(S(=O)(=O)Nc2ccsc2C(=O)O)cc1Cl. The highest BCUT2D eigenvalue weighted by atomic mass is 35.5. The number of carboxylic acid groups (broad SMARTS) is 1. The van der Waals surface area contributed by atoms with Crippen molar-refractivity contribution in [1.82, 2.24) is 0 Å². The standard InChI is InChI=1S/C12H7ClN2O4S2/c13-9-5-8(2-1-7(9)6-14)21(18,19)15-10-3-4-20-11(10)12(16)17/h1-5,15H,(H,16,17). The normalized spacial score (nSPS) is 10.9. The summed E-state index contributed by atoms with van der Waals surface area (Å²) in [5.74, 6) is -1.22. The Labute approximate surface area is 129 Å². The molecule has 0 atom stereocenters. The number of carboxylic acids is 1. The van der Waals surface area contributed by atoms with Gasteiger partial charge in [-0.3, -0.25) is 4.72 Å². The van der Waals surface area contributed by atoms with Crippen LogP contribution in [0.3, 0.4) is 0 Å². The number of nitrogens with one attached hydrogen (secondary N) is 1. The Morgan fingerprint density at radius 3 is 2.67 bits per heavy atom. The minimum atomic E-state index is -3.99. The fraction of sp³-hybridized carbons (Fsp3) is 0. The summed E-state index contributed by atoms with van der Waals surface area (Å²) in [5.41, 5.74) is 0.130. The lowest BCUT2D eigenvalue weighted by molar-refractivity contribution is 0.0703. The van der Waals surface area contributed by atoms with Crippen molar-refractivity contribution in [2.45, 2.75) is 4.90 Å². The summed E-state index contributed by atoms with van der Waals surface area (Å²) in [6.45, 7) is 0. The van der Waals surface area contributed by atoms with Crippen molar-refractivity contribution in [2.24, 2.45) is 0 Å². The Morgan fingerprint density at radius 2 is 2.10 bits per heavy atom. The van der Waals surface area contributed by atoms with Gasteiger partial charge in [0.15, 0.2) is 0 Å². The molecule has 1 aromatic carbocycles. The van der Waals surface area contributed by atoms with Gasteiger partial charge in [-0.2, -0.15) is 5.26 Å². The van der Waals surface area contributed by atoms with Crippen LogP contribution < -0.4 is 4.72 Å². The summed E-state index contributed by atoms with van der Waals surface area (Å²) < 4.78 is 26.6. The van der Waals surface area contributed by atoms with Crippen molar-refractivity contribution in [3.8, 4) is 6.07 Å². The zero-order chi connectivity index (χ0) is 15.6. The first-order chi connectivity index (χ1) is 9.85. The summed E-state index contributed by atoms with van der Waals surface area (Å²) >= 11 is 6.70. The number of carbonyl (C=O) groups is 1. The van der Waals surface area contributed by atoms with Crippen LogP contribution in [0.1, 0.15) is 15.2 Å². The molecule has 1 heterocycles. The van der Waals surface area contributed by atoms with Gasteiger partial charge in [-0.05, 0) is 29.6 Å². The average Bonchev–Trinajstić information content (AvgIpc) is 2.86. The molecule has 0 aliphatic rings. The fourth-order valence-electron chi connectivity index (χ4n) is 1.51. The summed E-state index contributed by atoms with van der Waals surface area (Å²) in [6, 6.07) is 6.81. The molecule has 0 aliphatic heterocycles. The lowest BCUT2D eigenvalue weighted by Crippen LogP contribution is -2.14. The van der Waals surface area contributed by atoms with E-state index in [1.54, 1.807) is 0 Å². The molecule has 0 radical (unpaired) electrons. The van der Waals surface area contributed by atoms with Gasteiger partial charge in [-0.15, -0.1) is 11.3 Å². The van der Waals surface area contributed by atoms with E-state index in [0.717, 1.165) is 17.4 Å². The van der Waals surface area contributed by atoms with Crippen LogP contribution in [0.2, 0.25) is 5.02 Å². The van der Waals surface area contributed by atoms with Crippen LogP contribution in [0.25, 0.3) is 0 Å². The molecule has 2 N–H and O–H groups in total. The van der Waals surface area contributed by atoms with Crippen molar-refractivity contribution in [3.05, 3.63) is 45.1 Å². The number of aromatic carboxylic acids is 1. The molecule has 0 bridgehead atoms. The van der Waals surface area contributed by atoms with Gasteiger partial charge in [0.25, 0.3) is 10.0 Å². The highest BCUT2D eigenvalue weighted by molar-refractivity contribution is 7.92. The van der Waals surface area contributed by atoms with E-state index in [1.165, 1.54) is 23.6 Å². The maximum atomic E-state index is 12.2. The Hall–Kier alpha value is -2.08. The number of sulfonamides is 1. The van der Waals surface area contributed by atoms with Crippen molar-refractivity contribution in [3.63, 3.8) is 0 Å². The topological polar surface area (TPSA) is 107 Å². The molecule has 0 saturated heterocycles. The number of rotatable bonds is 4.